The number of fused-ring (bicyclic) bond motifs is 2. The molecule has 5 rings (SSSR count). The van der Waals surface area contributed by atoms with E-state index in [4.69, 9.17) is 0 Å². The number of rotatable bonds is 6. The first-order valence-corrected chi connectivity index (χ1v) is 11.6. The van der Waals surface area contributed by atoms with Crippen molar-refractivity contribution in [2.45, 2.75) is 21.6 Å². The molecule has 0 aliphatic rings. The smallest absolute Gasteiger partial charge is 0.117 e. The molecule has 2 aromatic heterocycles. The van der Waals surface area contributed by atoms with Gasteiger partial charge in [-0.15, -0.1) is 23.5 Å². The third-order valence-corrected chi connectivity index (χ3v) is 6.94. The van der Waals surface area contributed by atoms with Gasteiger partial charge < -0.3 is 0 Å². The van der Waals surface area contributed by atoms with E-state index in [1.54, 1.807) is 36.2 Å². The van der Waals surface area contributed by atoms with Crippen LogP contribution in [0.15, 0.2) is 95.5 Å². The minimum absolute atomic E-state index is 0.880. The van der Waals surface area contributed by atoms with Gasteiger partial charge in [-0.25, -0.2) is 19.9 Å². The zero-order valence-corrected chi connectivity index (χ0v) is 17.7. The molecule has 0 bridgehead atoms. The summed E-state index contributed by atoms with van der Waals surface area (Å²) in [5.74, 6) is 1.76. The highest BCUT2D eigenvalue weighted by Crippen LogP contribution is 2.29. The van der Waals surface area contributed by atoms with Gasteiger partial charge in [0.15, 0.2) is 0 Å². The first-order valence-electron chi connectivity index (χ1n) is 9.60. The van der Waals surface area contributed by atoms with Gasteiger partial charge in [-0.1, -0.05) is 60.7 Å². The van der Waals surface area contributed by atoms with Crippen LogP contribution in [-0.2, 0) is 11.5 Å². The molecule has 146 valence electrons. The average Bonchev–Trinajstić information content (AvgIpc) is 2.82. The van der Waals surface area contributed by atoms with Crippen molar-refractivity contribution in [2.75, 3.05) is 0 Å². The third-order valence-electron chi connectivity index (χ3n) is 4.79. The maximum absolute atomic E-state index is 4.46. The zero-order valence-electron chi connectivity index (χ0n) is 16.1. The standard InChI is InChI=1S/C24H18N4S2/c1-3-7-21-19(5-1)23(27-15-25-21)29-13-17-9-11-18(12-10-17)14-30-24-20-6-2-4-8-22(20)26-16-28-24/h1-12,15-16H,13-14H2. The van der Waals surface area contributed by atoms with Crippen LogP contribution in [-0.4, -0.2) is 19.9 Å². The van der Waals surface area contributed by atoms with E-state index >= 15 is 0 Å². The molecule has 0 saturated carbocycles. The Hall–Kier alpha value is -2.96. The fraction of sp³-hybridized carbons (Fsp3) is 0.0833. The lowest BCUT2D eigenvalue weighted by Gasteiger charge is -2.07. The molecule has 0 radical (unpaired) electrons. The summed E-state index contributed by atoms with van der Waals surface area (Å²) >= 11 is 3.49. The van der Waals surface area contributed by atoms with Crippen molar-refractivity contribution in [1.82, 2.24) is 19.9 Å². The molecule has 30 heavy (non-hydrogen) atoms. The molecule has 0 N–H and O–H groups in total. The molecule has 5 aromatic rings. The summed E-state index contributed by atoms with van der Waals surface area (Å²) in [5.41, 5.74) is 4.53. The first-order chi connectivity index (χ1) is 14.9. The van der Waals surface area contributed by atoms with Gasteiger partial charge in [0, 0.05) is 22.3 Å². The molecule has 0 saturated heterocycles. The van der Waals surface area contributed by atoms with E-state index in [9.17, 15) is 0 Å². The fourth-order valence-corrected chi connectivity index (χ4v) is 5.12. The molecular weight excluding hydrogens is 408 g/mol. The molecule has 3 aromatic carbocycles. The van der Waals surface area contributed by atoms with Crippen LogP contribution >= 0.6 is 23.5 Å². The van der Waals surface area contributed by atoms with Gasteiger partial charge in [0.25, 0.3) is 0 Å². The molecule has 0 aliphatic heterocycles. The van der Waals surface area contributed by atoms with Crippen molar-refractivity contribution >= 4 is 45.3 Å². The Morgan fingerprint density at radius 3 is 1.40 bits per heavy atom. The van der Waals surface area contributed by atoms with E-state index in [2.05, 4.69) is 56.3 Å². The molecular formula is C24H18N4S2. The van der Waals surface area contributed by atoms with Gasteiger partial charge in [0.2, 0.25) is 0 Å². The number of benzene rings is 3. The van der Waals surface area contributed by atoms with Crippen LogP contribution in [0.5, 0.6) is 0 Å². The molecule has 2 heterocycles. The highest BCUT2D eigenvalue weighted by atomic mass is 32.2. The van der Waals surface area contributed by atoms with Crippen molar-refractivity contribution in [3.8, 4) is 0 Å². The fourth-order valence-electron chi connectivity index (χ4n) is 3.23. The highest BCUT2D eigenvalue weighted by Gasteiger charge is 2.06. The SMILES string of the molecule is c1ccc2c(SCc3ccc(CSc4ncnc5ccccc45)cc3)ncnc2c1. The average molecular weight is 427 g/mol. The van der Waals surface area contributed by atoms with Gasteiger partial charge >= 0.3 is 0 Å². The summed E-state index contributed by atoms with van der Waals surface area (Å²) in [5, 5.41) is 4.26. The van der Waals surface area contributed by atoms with Crippen LogP contribution in [0.1, 0.15) is 11.1 Å². The second-order valence-corrected chi connectivity index (χ2v) is 8.71. The number of hydrogen-bond acceptors (Lipinski definition) is 6. The van der Waals surface area contributed by atoms with Gasteiger partial charge in [-0.2, -0.15) is 0 Å². The van der Waals surface area contributed by atoms with Gasteiger partial charge in [-0.05, 0) is 23.3 Å². The molecule has 4 nitrogen and oxygen atoms in total. The minimum Gasteiger partial charge on any atom is -0.236 e. The normalized spacial score (nSPS) is 11.2. The summed E-state index contributed by atoms with van der Waals surface area (Å²) < 4.78 is 0. The summed E-state index contributed by atoms with van der Waals surface area (Å²) in [4.78, 5) is 17.6. The van der Waals surface area contributed by atoms with Crippen LogP contribution in [0.2, 0.25) is 0 Å². The summed E-state index contributed by atoms with van der Waals surface area (Å²) in [6, 6.07) is 25.1. The maximum Gasteiger partial charge on any atom is 0.117 e. The molecule has 0 atom stereocenters. The Morgan fingerprint density at radius 2 is 0.933 bits per heavy atom. The van der Waals surface area contributed by atoms with E-state index in [0.29, 0.717) is 0 Å². The van der Waals surface area contributed by atoms with E-state index in [0.717, 1.165) is 43.4 Å². The lowest BCUT2D eigenvalue weighted by molar-refractivity contribution is 1.10. The van der Waals surface area contributed by atoms with Gasteiger partial charge in [-0.3, -0.25) is 0 Å². The van der Waals surface area contributed by atoms with E-state index < -0.39 is 0 Å². The number of nitrogens with zero attached hydrogens (tertiary/aromatic N) is 4. The summed E-state index contributed by atoms with van der Waals surface area (Å²) in [7, 11) is 0. The second-order valence-electron chi connectivity index (χ2n) is 6.79. The molecule has 0 amide bonds. The molecule has 0 fully saturated rings. The molecule has 0 unspecified atom stereocenters. The van der Waals surface area contributed by atoms with E-state index in [1.165, 1.54) is 11.1 Å². The monoisotopic (exact) mass is 426 g/mol. The topological polar surface area (TPSA) is 51.6 Å². The maximum atomic E-state index is 4.46. The quantitative estimate of drug-likeness (QED) is 0.239. The number of hydrogen-bond donors (Lipinski definition) is 0. The van der Waals surface area contributed by atoms with Crippen molar-refractivity contribution in [3.05, 3.63) is 96.6 Å². The van der Waals surface area contributed by atoms with Crippen molar-refractivity contribution < 1.29 is 0 Å². The Labute approximate surface area is 183 Å². The zero-order chi connectivity index (χ0) is 20.2. The first kappa shape index (κ1) is 19.0. The van der Waals surface area contributed by atoms with Crippen molar-refractivity contribution in [3.63, 3.8) is 0 Å². The van der Waals surface area contributed by atoms with Gasteiger partial charge in [0.1, 0.15) is 22.7 Å². The van der Waals surface area contributed by atoms with E-state index in [1.807, 2.05) is 36.4 Å². The summed E-state index contributed by atoms with van der Waals surface area (Å²) in [6.07, 6.45) is 3.28. The largest absolute Gasteiger partial charge is 0.236 e. The number of thioether (sulfide) groups is 2. The lowest BCUT2D eigenvalue weighted by Crippen LogP contribution is -1.89. The Balaban J connectivity index is 1.24. The summed E-state index contributed by atoms with van der Waals surface area (Å²) in [6.45, 7) is 0. The highest BCUT2D eigenvalue weighted by molar-refractivity contribution is 7.98. The van der Waals surface area contributed by atoms with E-state index in [-0.39, 0.29) is 0 Å². The number of para-hydroxylation sites is 2. The van der Waals surface area contributed by atoms with Crippen LogP contribution in [0.4, 0.5) is 0 Å². The van der Waals surface area contributed by atoms with Gasteiger partial charge in [0.05, 0.1) is 11.0 Å². The Kier molecular flexibility index (Phi) is 5.59. The second kappa shape index (κ2) is 8.81. The lowest BCUT2D eigenvalue weighted by atomic mass is 10.2. The molecule has 0 spiro atoms. The van der Waals surface area contributed by atoms with Crippen molar-refractivity contribution in [2.24, 2.45) is 0 Å². The third kappa shape index (κ3) is 4.15. The Bertz CT molecular complexity index is 1190. The van der Waals surface area contributed by atoms with Crippen molar-refractivity contribution in [1.29, 1.82) is 0 Å². The predicted molar refractivity (Wildman–Crippen MR) is 125 cm³/mol. The predicted octanol–water partition coefficient (Wildman–Crippen LogP) is 6.16. The van der Waals surface area contributed by atoms with Crippen LogP contribution < -0.4 is 0 Å². The Morgan fingerprint density at radius 1 is 0.500 bits per heavy atom. The van der Waals surface area contributed by atoms with Crippen LogP contribution in [0, 0.1) is 0 Å². The molecule has 0 aliphatic carbocycles. The molecule has 6 heteroatoms. The van der Waals surface area contributed by atoms with Crippen LogP contribution in [0.3, 0.4) is 0 Å². The minimum atomic E-state index is 0.880. The number of aromatic nitrogens is 4. The van der Waals surface area contributed by atoms with Crippen LogP contribution in [0.25, 0.3) is 21.8 Å².